The number of aliphatic hydroxyl groups is 1. The van der Waals surface area contributed by atoms with Crippen LogP contribution in [0.4, 0.5) is 28.9 Å². The van der Waals surface area contributed by atoms with Crippen molar-refractivity contribution in [2.45, 2.75) is 117 Å². The zero-order chi connectivity index (χ0) is 38.1. The highest BCUT2D eigenvalue weighted by Crippen LogP contribution is 2.33. The van der Waals surface area contributed by atoms with Gasteiger partial charge in [0.05, 0.1) is 57.0 Å². The topological polar surface area (TPSA) is 125 Å². The Labute approximate surface area is 314 Å². The second-order valence-corrected chi connectivity index (χ2v) is 13.9. The van der Waals surface area contributed by atoms with Crippen LogP contribution in [0.3, 0.4) is 0 Å². The maximum Gasteiger partial charge on any atom is 0.345 e. The zero-order valence-corrected chi connectivity index (χ0v) is 33.1. The minimum absolute atomic E-state index is 0.0405. The first-order chi connectivity index (χ1) is 24.1. The SMILES string of the molecule is CCN(C)C=Nc1cc(Br)c(=O)[nH]c1C.CCN(C)C=Nc1cc(Br)c(OC2CCC(OC(F)F)CC2)nc1C.OC1CCC(OC(F)F)CC1. The van der Waals surface area contributed by atoms with Gasteiger partial charge in [-0.3, -0.25) is 4.79 Å². The number of aliphatic hydroxyl groups excluding tert-OH is 1. The van der Waals surface area contributed by atoms with Crippen LogP contribution < -0.4 is 10.3 Å². The lowest BCUT2D eigenvalue weighted by atomic mass is 9.95. The van der Waals surface area contributed by atoms with E-state index < -0.39 is 13.2 Å². The molecule has 2 aliphatic carbocycles. The molecule has 0 amide bonds. The third kappa shape index (κ3) is 17.2. The molecule has 0 aliphatic heterocycles. The van der Waals surface area contributed by atoms with Crippen LogP contribution in [0.5, 0.6) is 5.88 Å². The van der Waals surface area contributed by atoms with Crippen molar-refractivity contribution >= 4 is 55.9 Å². The maximum atomic E-state index is 12.2. The van der Waals surface area contributed by atoms with E-state index in [2.05, 4.69) is 61.3 Å². The van der Waals surface area contributed by atoms with Gasteiger partial charge in [0.15, 0.2) is 0 Å². The molecule has 2 fully saturated rings. The van der Waals surface area contributed by atoms with E-state index in [9.17, 15) is 22.4 Å². The van der Waals surface area contributed by atoms with Crippen molar-refractivity contribution in [3.05, 3.63) is 42.8 Å². The molecule has 2 aliphatic rings. The largest absolute Gasteiger partial charge is 0.474 e. The Bertz CT molecular complexity index is 1440. The number of hydrogen-bond donors (Lipinski definition) is 2. The summed E-state index contributed by atoms with van der Waals surface area (Å²) in [6, 6.07) is 3.59. The Morgan fingerprint density at radius 3 is 1.78 bits per heavy atom. The smallest absolute Gasteiger partial charge is 0.345 e. The van der Waals surface area contributed by atoms with Gasteiger partial charge in [-0.1, -0.05) is 0 Å². The fourth-order valence-electron chi connectivity index (χ4n) is 4.89. The van der Waals surface area contributed by atoms with Gasteiger partial charge in [0.25, 0.3) is 5.56 Å². The predicted molar refractivity (Wildman–Crippen MR) is 198 cm³/mol. The molecule has 4 rings (SSSR count). The van der Waals surface area contributed by atoms with Crippen molar-refractivity contribution in [2.75, 3.05) is 27.2 Å². The molecule has 0 saturated heterocycles. The van der Waals surface area contributed by atoms with Gasteiger partial charge in [0, 0.05) is 32.9 Å². The third-order valence-electron chi connectivity index (χ3n) is 8.19. The Kier molecular flexibility index (Phi) is 20.2. The van der Waals surface area contributed by atoms with Gasteiger partial charge in [-0.15, -0.1) is 0 Å². The van der Waals surface area contributed by atoms with E-state index in [0.717, 1.165) is 40.3 Å². The van der Waals surface area contributed by atoms with Gasteiger partial charge < -0.3 is 34.1 Å². The molecule has 2 N–H and O–H groups in total. The van der Waals surface area contributed by atoms with Crippen molar-refractivity contribution < 1.29 is 36.9 Å². The number of ether oxygens (including phenoxy) is 3. The molecule has 2 saturated carbocycles. The highest BCUT2D eigenvalue weighted by atomic mass is 79.9. The molecule has 0 radical (unpaired) electrons. The summed E-state index contributed by atoms with van der Waals surface area (Å²) in [5.74, 6) is 0.513. The molecule has 2 heterocycles. The Balaban J connectivity index is 0.000000293. The van der Waals surface area contributed by atoms with Crippen LogP contribution in [0.15, 0.2) is 35.9 Å². The summed E-state index contributed by atoms with van der Waals surface area (Å²) in [4.78, 5) is 31.1. The molecule has 2 aromatic heterocycles. The molecule has 0 atom stereocenters. The molecular weight excluding hydrogens is 808 g/mol. The van der Waals surface area contributed by atoms with Crippen LogP contribution in [-0.2, 0) is 9.47 Å². The zero-order valence-electron chi connectivity index (χ0n) is 29.9. The van der Waals surface area contributed by atoms with E-state index >= 15 is 0 Å². The van der Waals surface area contributed by atoms with Crippen LogP contribution >= 0.6 is 31.9 Å². The van der Waals surface area contributed by atoms with E-state index in [1.54, 1.807) is 18.7 Å². The summed E-state index contributed by atoms with van der Waals surface area (Å²) in [6.07, 6.45) is 7.16. The minimum Gasteiger partial charge on any atom is -0.474 e. The number of rotatable bonds is 12. The number of aromatic amines is 1. The summed E-state index contributed by atoms with van der Waals surface area (Å²) in [6.45, 7) is 4.18. The molecule has 0 spiro atoms. The van der Waals surface area contributed by atoms with Gasteiger partial charge in [-0.25, -0.2) is 15.0 Å². The first-order valence-electron chi connectivity index (χ1n) is 16.9. The monoisotopic (exact) mass is 856 g/mol. The number of halogens is 6. The van der Waals surface area contributed by atoms with Crippen molar-refractivity contribution in [3.8, 4) is 5.88 Å². The molecule has 0 aromatic carbocycles. The standard InChI is InChI=1S/C17H24BrF2N3O2.C10H14BrN3O.C7H12F2O2/c1-4-23(3)10-21-15-9-14(18)16(22-11(15)2)24-12-5-7-13(8-6-12)25-17(19)20;1-4-14(3)6-12-9-5-8(11)10(15)13-7(9)2;8-7(9)11-6-3-1-5(10)2-4-6/h9-10,12-13,17H,4-8H2,1-3H3;5-6H,4H2,1-3H3,(H,13,15);5-7,10H,1-4H2. The fourth-order valence-corrected chi connectivity index (χ4v) is 5.60. The van der Waals surface area contributed by atoms with Crippen LogP contribution in [0, 0.1) is 13.8 Å². The molecule has 2 aromatic rings. The van der Waals surface area contributed by atoms with Crippen LogP contribution in [0.25, 0.3) is 0 Å². The van der Waals surface area contributed by atoms with E-state index in [-0.39, 0.29) is 30.0 Å². The second-order valence-electron chi connectivity index (χ2n) is 12.2. The van der Waals surface area contributed by atoms with E-state index in [0.29, 0.717) is 61.7 Å². The maximum absolute atomic E-state index is 12.2. The summed E-state index contributed by atoms with van der Waals surface area (Å²) < 4.78 is 63.8. The minimum atomic E-state index is -2.71. The molecule has 0 unspecified atom stereocenters. The number of aliphatic imine (C=N–C) groups is 2. The summed E-state index contributed by atoms with van der Waals surface area (Å²) in [7, 11) is 3.90. The summed E-state index contributed by atoms with van der Waals surface area (Å²) in [5, 5.41) is 9.02. The number of aryl methyl sites for hydroxylation is 2. The Morgan fingerprint density at radius 1 is 0.843 bits per heavy atom. The molecular formula is C34H50Br2F4N6O5. The normalized spacial score (nSPS) is 20.6. The van der Waals surface area contributed by atoms with Crippen molar-refractivity contribution in [1.82, 2.24) is 19.8 Å². The molecule has 51 heavy (non-hydrogen) atoms. The predicted octanol–water partition coefficient (Wildman–Crippen LogP) is 8.28. The number of alkyl halides is 4. The number of aromatic nitrogens is 2. The fraction of sp³-hybridized carbons (Fsp3) is 0.647. The Hall–Kier alpha value is -2.60. The van der Waals surface area contributed by atoms with Crippen LogP contribution in [0.2, 0.25) is 0 Å². The van der Waals surface area contributed by atoms with E-state index in [4.69, 9.17) is 9.84 Å². The lowest BCUT2D eigenvalue weighted by Gasteiger charge is -2.28. The number of H-pyrrole nitrogens is 1. The molecule has 288 valence electrons. The number of pyridine rings is 2. The molecule has 0 bridgehead atoms. The lowest BCUT2D eigenvalue weighted by Crippen LogP contribution is -2.29. The van der Waals surface area contributed by atoms with Crippen molar-refractivity contribution in [2.24, 2.45) is 9.98 Å². The number of nitrogens with zero attached hydrogens (tertiary/aromatic N) is 5. The summed E-state index contributed by atoms with van der Waals surface area (Å²) >= 11 is 6.65. The number of nitrogens with one attached hydrogen (secondary N) is 1. The van der Waals surface area contributed by atoms with Crippen LogP contribution in [0.1, 0.15) is 76.6 Å². The van der Waals surface area contributed by atoms with Gasteiger partial charge in [0.1, 0.15) is 6.10 Å². The van der Waals surface area contributed by atoms with Gasteiger partial charge >= 0.3 is 13.2 Å². The lowest BCUT2D eigenvalue weighted by molar-refractivity contribution is -0.173. The average Bonchev–Trinajstić information content (AvgIpc) is 3.08. The average molecular weight is 859 g/mol. The van der Waals surface area contributed by atoms with Gasteiger partial charge in [-0.05, 0) is 123 Å². The van der Waals surface area contributed by atoms with Gasteiger partial charge in [-0.2, -0.15) is 17.6 Å². The van der Waals surface area contributed by atoms with Crippen molar-refractivity contribution in [3.63, 3.8) is 0 Å². The first kappa shape index (κ1) is 44.6. The second kappa shape index (κ2) is 23.1. The number of hydrogen-bond acceptors (Lipinski definition) is 8. The third-order valence-corrected chi connectivity index (χ3v) is 9.35. The van der Waals surface area contributed by atoms with Crippen molar-refractivity contribution in [1.29, 1.82) is 0 Å². The van der Waals surface area contributed by atoms with Crippen LogP contribution in [-0.4, -0.2) is 102 Å². The Morgan fingerprint density at radius 2 is 1.29 bits per heavy atom. The van der Waals surface area contributed by atoms with E-state index in [1.807, 2.05) is 57.7 Å². The first-order valence-corrected chi connectivity index (χ1v) is 18.5. The van der Waals surface area contributed by atoms with Gasteiger partial charge in [0.2, 0.25) is 5.88 Å². The highest BCUT2D eigenvalue weighted by molar-refractivity contribution is 9.10. The highest BCUT2D eigenvalue weighted by Gasteiger charge is 2.26. The molecule has 11 nitrogen and oxygen atoms in total. The summed E-state index contributed by atoms with van der Waals surface area (Å²) in [5.41, 5.74) is 2.95. The molecule has 17 heteroatoms. The van der Waals surface area contributed by atoms with E-state index in [1.165, 1.54) is 0 Å². The quantitative estimate of drug-likeness (QED) is 0.124.